The van der Waals surface area contributed by atoms with E-state index >= 15 is 0 Å². The van der Waals surface area contributed by atoms with Crippen molar-refractivity contribution in [1.29, 1.82) is 0 Å². The number of aryl methyl sites for hydroxylation is 1. The van der Waals surface area contributed by atoms with Gasteiger partial charge >= 0.3 is 0 Å². The van der Waals surface area contributed by atoms with Gasteiger partial charge in [0.1, 0.15) is 0 Å². The number of halogens is 1. The molecule has 4 nitrogen and oxygen atoms in total. The minimum absolute atomic E-state index is 0.239. The Labute approximate surface area is 145 Å². The van der Waals surface area contributed by atoms with Gasteiger partial charge in [0.2, 0.25) is 5.91 Å². The van der Waals surface area contributed by atoms with Crippen LogP contribution in [0, 0.1) is 0 Å². The lowest BCUT2D eigenvalue weighted by Gasteiger charge is -2.02. The van der Waals surface area contributed by atoms with Crippen molar-refractivity contribution in [3.8, 4) is 0 Å². The van der Waals surface area contributed by atoms with Crippen LogP contribution in [-0.2, 0) is 11.8 Å². The lowest BCUT2D eigenvalue weighted by atomic mass is 10.1. The van der Waals surface area contributed by atoms with Gasteiger partial charge in [0, 0.05) is 23.1 Å². The predicted molar refractivity (Wildman–Crippen MR) is 99.9 cm³/mol. The van der Waals surface area contributed by atoms with E-state index in [1.807, 2.05) is 66.3 Å². The molecule has 3 aromatic rings. The molecule has 0 spiro atoms. The van der Waals surface area contributed by atoms with Gasteiger partial charge in [-0.2, -0.15) is 5.10 Å². The molecule has 3 rings (SSSR count). The van der Waals surface area contributed by atoms with Crippen LogP contribution in [0.2, 0.25) is 5.02 Å². The molecule has 1 amide bonds. The molecule has 5 heteroatoms. The number of anilines is 1. The Morgan fingerprint density at radius 1 is 1.21 bits per heavy atom. The predicted octanol–water partition coefficient (Wildman–Crippen LogP) is 4.52. The molecule has 1 heterocycles. The number of fused-ring (bicyclic) bond motifs is 1. The van der Waals surface area contributed by atoms with Gasteiger partial charge in [-0.3, -0.25) is 9.48 Å². The number of aromatic nitrogens is 2. The van der Waals surface area contributed by atoms with Crippen molar-refractivity contribution < 1.29 is 4.79 Å². The molecule has 2 aromatic carbocycles. The fourth-order valence-corrected chi connectivity index (χ4v) is 2.56. The third-order valence-electron chi connectivity index (χ3n) is 3.64. The first-order chi connectivity index (χ1) is 11.6. The summed E-state index contributed by atoms with van der Waals surface area (Å²) in [6, 6.07) is 13.3. The maximum absolute atomic E-state index is 11.5. The molecular formula is C19H16ClN3O. The van der Waals surface area contributed by atoms with Crippen LogP contribution in [0.4, 0.5) is 5.69 Å². The normalized spacial score (nSPS) is 11.1. The molecule has 0 aliphatic carbocycles. The highest BCUT2D eigenvalue weighted by Crippen LogP contribution is 2.24. The number of hydrogen-bond donors (Lipinski definition) is 1. The van der Waals surface area contributed by atoms with Crippen molar-refractivity contribution in [3.05, 3.63) is 71.4 Å². The summed E-state index contributed by atoms with van der Waals surface area (Å²) in [6.07, 6.45) is 5.17. The lowest BCUT2D eigenvalue weighted by Crippen LogP contribution is -2.06. The zero-order valence-electron chi connectivity index (χ0n) is 13.2. The number of amides is 1. The van der Waals surface area contributed by atoms with Crippen LogP contribution in [0.1, 0.15) is 11.3 Å². The Morgan fingerprint density at radius 2 is 1.96 bits per heavy atom. The highest BCUT2D eigenvalue weighted by atomic mass is 35.5. The third-order valence-corrected chi connectivity index (χ3v) is 3.89. The second-order valence-electron chi connectivity index (χ2n) is 5.32. The van der Waals surface area contributed by atoms with Crippen molar-refractivity contribution >= 4 is 46.3 Å². The smallest absolute Gasteiger partial charge is 0.247 e. The molecule has 1 aromatic heterocycles. The summed E-state index contributed by atoms with van der Waals surface area (Å²) < 4.78 is 1.82. The number of benzene rings is 2. The lowest BCUT2D eigenvalue weighted by molar-refractivity contribution is -0.111. The third kappa shape index (κ3) is 3.39. The summed E-state index contributed by atoms with van der Waals surface area (Å²) in [5, 5.41) is 8.97. The van der Waals surface area contributed by atoms with Gasteiger partial charge in [-0.05, 0) is 48.0 Å². The molecule has 24 heavy (non-hydrogen) atoms. The van der Waals surface area contributed by atoms with Crippen LogP contribution in [-0.4, -0.2) is 15.7 Å². The number of carbonyl (C=O) groups excluding carboxylic acids is 1. The Hall–Kier alpha value is -2.85. The molecule has 0 aliphatic heterocycles. The molecule has 120 valence electrons. The minimum atomic E-state index is -0.239. The van der Waals surface area contributed by atoms with Gasteiger partial charge in [0.05, 0.1) is 11.2 Å². The summed E-state index contributed by atoms with van der Waals surface area (Å²) in [5.41, 5.74) is 3.57. The summed E-state index contributed by atoms with van der Waals surface area (Å²) in [4.78, 5) is 11.5. The Balaban J connectivity index is 1.97. The monoisotopic (exact) mass is 337 g/mol. The number of carbonyl (C=O) groups is 1. The minimum Gasteiger partial charge on any atom is -0.323 e. The van der Waals surface area contributed by atoms with Crippen LogP contribution < -0.4 is 5.32 Å². The molecule has 0 bridgehead atoms. The average molecular weight is 338 g/mol. The van der Waals surface area contributed by atoms with E-state index in [9.17, 15) is 4.79 Å². The van der Waals surface area contributed by atoms with Crippen LogP contribution in [0.25, 0.3) is 23.1 Å². The number of hydrogen-bond acceptors (Lipinski definition) is 2. The van der Waals surface area contributed by atoms with Crippen LogP contribution in [0.5, 0.6) is 0 Å². The number of nitrogens with one attached hydrogen (secondary N) is 1. The van der Waals surface area contributed by atoms with Crippen molar-refractivity contribution in [2.45, 2.75) is 0 Å². The summed E-state index contributed by atoms with van der Waals surface area (Å²) in [5.74, 6) is -0.239. The molecule has 0 fully saturated rings. The molecule has 0 atom stereocenters. The molecule has 0 saturated carbocycles. The zero-order chi connectivity index (χ0) is 17.1. The van der Waals surface area contributed by atoms with Gasteiger partial charge in [-0.15, -0.1) is 0 Å². The first-order valence-electron chi connectivity index (χ1n) is 7.40. The van der Waals surface area contributed by atoms with Crippen molar-refractivity contribution in [3.63, 3.8) is 0 Å². The highest BCUT2D eigenvalue weighted by Gasteiger charge is 2.08. The van der Waals surface area contributed by atoms with Gasteiger partial charge < -0.3 is 5.32 Å². The fraction of sp³-hybridized carbons (Fsp3) is 0.0526. The topological polar surface area (TPSA) is 46.9 Å². The van der Waals surface area contributed by atoms with E-state index in [0.717, 1.165) is 22.2 Å². The van der Waals surface area contributed by atoms with Crippen molar-refractivity contribution in [2.24, 2.45) is 7.05 Å². The van der Waals surface area contributed by atoms with E-state index in [1.165, 1.54) is 6.08 Å². The quantitative estimate of drug-likeness (QED) is 0.711. The Morgan fingerprint density at radius 3 is 2.67 bits per heavy atom. The first-order valence-corrected chi connectivity index (χ1v) is 7.78. The molecular weight excluding hydrogens is 322 g/mol. The number of rotatable bonds is 4. The second kappa shape index (κ2) is 6.72. The number of nitrogens with zero attached hydrogens (tertiary/aromatic N) is 2. The largest absolute Gasteiger partial charge is 0.323 e. The van der Waals surface area contributed by atoms with E-state index < -0.39 is 0 Å². The summed E-state index contributed by atoms with van der Waals surface area (Å²) in [7, 11) is 1.89. The van der Waals surface area contributed by atoms with E-state index in [2.05, 4.69) is 17.0 Å². The zero-order valence-corrected chi connectivity index (χ0v) is 13.9. The van der Waals surface area contributed by atoms with Gasteiger partial charge in [0.15, 0.2) is 0 Å². The van der Waals surface area contributed by atoms with E-state index in [1.54, 1.807) is 0 Å². The standard InChI is InChI=1S/C19H16ClN3O/c1-3-19(24)21-15-9-11-18-16(12-15)17(22-23(18)2)10-6-13-4-7-14(20)8-5-13/h3-12H,1H2,2H3,(H,21,24). The maximum Gasteiger partial charge on any atom is 0.247 e. The molecule has 0 unspecified atom stereocenters. The summed E-state index contributed by atoms with van der Waals surface area (Å²) >= 11 is 5.90. The van der Waals surface area contributed by atoms with Crippen LogP contribution in [0.15, 0.2) is 55.1 Å². The van der Waals surface area contributed by atoms with Crippen LogP contribution in [0.3, 0.4) is 0 Å². The fourth-order valence-electron chi connectivity index (χ4n) is 2.44. The maximum atomic E-state index is 11.5. The second-order valence-corrected chi connectivity index (χ2v) is 5.76. The van der Waals surface area contributed by atoms with Crippen molar-refractivity contribution in [1.82, 2.24) is 9.78 Å². The van der Waals surface area contributed by atoms with Gasteiger partial charge in [-0.1, -0.05) is 36.4 Å². The molecule has 0 aliphatic rings. The Kier molecular flexibility index (Phi) is 4.49. The Bertz CT molecular complexity index is 939. The van der Waals surface area contributed by atoms with Gasteiger partial charge in [0.25, 0.3) is 0 Å². The van der Waals surface area contributed by atoms with Crippen molar-refractivity contribution in [2.75, 3.05) is 5.32 Å². The first kappa shape index (κ1) is 16.0. The average Bonchev–Trinajstić information content (AvgIpc) is 2.90. The van der Waals surface area contributed by atoms with E-state index in [-0.39, 0.29) is 5.91 Å². The molecule has 0 radical (unpaired) electrons. The SMILES string of the molecule is C=CC(=O)Nc1ccc2c(c1)c(C=Cc1ccc(Cl)cc1)nn2C. The summed E-state index contributed by atoms with van der Waals surface area (Å²) in [6.45, 7) is 3.46. The van der Waals surface area contributed by atoms with Gasteiger partial charge in [-0.25, -0.2) is 0 Å². The van der Waals surface area contributed by atoms with E-state index in [0.29, 0.717) is 10.7 Å². The van der Waals surface area contributed by atoms with E-state index in [4.69, 9.17) is 11.6 Å². The molecule has 0 saturated heterocycles. The highest BCUT2D eigenvalue weighted by molar-refractivity contribution is 6.30. The van der Waals surface area contributed by atoms with Crippen LogP contribution >= 0.6 is 11.6 Å². The molecule has 1 N–H and O–H groups in total.